The summed E-state index contributed by atoms with van der Waals surface area (Å²) in [5.41, 5.74) is 1.51. The normalized spacial score (nSPS) is 11.3. The zero-order valence-corrected chi connectivity index (χ0v) is 14.3. The number of nitrogens with zero attached hydrogens (tertiary/aromatic N) is 1. The van der Waals surface area contributed by atoms with Crippen LogP contribution in [0.5, 0.6) is 5.75 Å². The van der Waals surface area contributed by atoms with Crippen LogP contribution in [0.15, 0.2) is 24.3 Å². The summed E-state index contributed by atoms with van der Waals surface area (Å²) in [7, 11) is 0. The first-order valence-electron chi connectivity index (χ1n) is 7.14. The number of rotatable bonds is 5. The van der Waals surface area contributed by atoms with E-state index in [9.17, 15) is 14.7 Å². The molecule has 0 aliphatic rings. The molecule has 23 heavy (non-hydrogen) atoms. The lowest BCUT2D eigenvalue weighted by Gasteiger charge is -2.19. The van der Waals surface area contributed by atoms with Crippen molar-refractivity contribution in [2.75, 3.05) is 6.61 Å². The fourth-order valence-corrected chi connectivity index (χ4v) is 2.79. The minimum atomic E-state index is -1.32. The molecule has 0 radical (unpaired) electrons. The molecule has 0 bridgehead atoms. The Kier molecular flexibility index (Phi) is 4.85. The zero-order chi connectivity index (χ0) is 17.2. The number of ether oxygens (including phenoxy) is 1. The summed E-state index contributed by atoms with van der Waals surface area (Å²) in [6.45, 7) is 7.70. The first kappa shape index (κ1) is 17.1. The number of aromatic nitrogens is 1. The van der Waals surface area contributed by atoms with Crippen molar-refractivity contribution < 1.29 is 19.4 Å². The Morgan fingerprint density at radius 1 is 1.22 bits per heavy atom. The molecule has 6 heteroatoms. The quantitative estimate of drug-likeness (QED) is 0.785. The van der Waals surface area contributed by atoms with Crippen LogP contribution in [0.1, 0.15) is 51.5 Å². The maximum absolute atomic E-state index is 12.0. The van der Waals surface area contributed by atoms with Crippen molar-refractivity contribution >= 4 is 23.1 Å². The van der Waals surface area contributed by atoms with Crippen molar-refractivity contribution in [3.8, 4) is 5.75 Å². The summed E-state index contributed by atoms with van der Waals surface area (Å²) in [5, 5.41) is 11.0. The molecule has 122 valence electrons. The number of carboxylic acid groups (broad SMARTS) is 1. The van der Waals surface area contributed by atoms with Crippen molar-refractivity contribution in [1.29, 1.82) is 0 Å². The van der Waals surface area contributed by atoms with Crippen LogP contribution in [0.2, 0.25) is 0 Å². The van der Waals surface area contributed by atoms with Crippen molar-refractivity contribution in [2.45, 2.75) is 33.1 Å². The molecular formula is C17H18NO4S-. The third-order valence-electron chi connectivity index (χ3n) is 3.31. The van der Waals surface area contributed by atoms with Crippen molar-refractivity contribution in [2.24, 2.45) is 0 Å². The summed E-state index contributed by atoms with van der Waals surface area (Å²) >= 11 is 0.814. The van der Waals surface area contributed by atoms with Gasteiger partial charge in [0.1, 0.15) is 5.75 Å². The maximum atomic E-state index is 12.0. The molecule has 0 saturated carbocycles. The Balaban J connectivity index is 2.02. The van der Waals surface area contributed by atoms with Gasteiger partial charge < -0.3 is 14.6 Å². The molecule has 0 fully saturated rings. The molecule has 0 aliphatic carbocycles. The molecule has 0 atom stereocenters. The number of carbonyl (C=O) groups is 2. The van der Waals surface area contributed by atoms with Gasteiger partial charge in [-0.3, -0.25) is 4.79 Å². The molecule has 0 unspecified atom stereocenters. The second-order valence-corrected chi connectivity index (χ2v) is 7.21. The van der Waals surface area contributed by atoms with E-state index in [1.807, 2.05) is 24.3 Å². The van der Waals surface area contributed by atoms with E-state index < -0.39 is 5.97 Å². The van der Waals surface area contributed by atoms with Gasteiger partial charge in [-0.1, -0.05) is 32.9 Å². The van der Waals surface area contributed by atoms with Crippen LogP contribution in [-0.2, 0) is 5.41 Å². The molecule has 1 aromatic heterocycles. The highest BCUT2D eigenvalue weighted by atomic mass is 32.1. The van der Waals surface area contributed by atoms with E-state index in [1.165, 1.54) is 12.5 Å². The fraction of sp³-hybridized carbons (Fsp3) is 0.353. The third-order valence-corrected chi connectivity index (χ3v) is 4.49. The highest BCUT2D eigenvalue weighted by molar-refractivity contribution is 7.15. The lowest BCUT2D eigenvalue weighted by molar-refractivity contribution is -0.254. The lowest BCUT2D eigenvalue weighted by atomic mass is 9.87. The molecule has 0 N–H and O–H groups in total. The first-order chi connectivity index (χ1) is 10.7. The number of ketones is 1. The van der Waals surface area contributed by atoms with Crippen LogP contribution >= 0.6 is 11.3 Å². The lowest BCUT2D eigenvalue weighted by Crippen LogP contribution is -2.21. The van der Waals surface area contributed by atoms with Gasteiger partial charge in [0.25, 0.3) is 0 Å². The summed E-state index contributed by atoms with van der Waals surface area (Å²) in [6.07, 6.45) is 0. The monoisotopic (exact) mass is 332 g/mol. The number of benzene rings is 1. The standard InChI is InChI=1S/C17H19NO4S/c1-10-14(16(20)21)23-15(18-10)13(19)9-22-12-7-5-11(6-8-12)17(2,3)4/h5-8H,9H2,1-4H3,(H,20,21)/p-1. The molecule has 0 spiro atoms. The second kappa shape index (κ2) is 6.50. The highest BCUT2D eigenvalue weighted by Gasteiger charge is 2.16. The summed E-state index contributed by atoms with van der Waals surface area (Å²) in [4.78, 5) is 26.8. The molecule has 0 saturated heterocycles. The average Bonchev–Trinajstić information content (AvgIpc) is 2.86. The highest BCUT2D eigenvalue weighted by Crippen LogP contribution is 2.24. The van der Waals surface area contributed by atoms with Crippen LogP contribution in [0.4, 0.5) is 0 Å². The van der Waals surface area contributed by atoms with E-state index >= 15 is 0 Å². The Labute approximate surface area is 138 Å². The van der Waals surface area contributed by atoms with E-state index in [1.54, 1.807) is 0 Å². The van der Waals surface area contributed by atoms with Gasteiger partial charge in [-0.25, -0.2) is 4.98 Å². The number of hydrogen-bond acceptors (Lipinski definition) is 6. The molecule has 5 nitrogen and oxygen atoms in total. The van der Waals surface area contributed by atoms with Crippen molar-refractivity contribution in [1.82, 2.24) is 4.98 Å². The summed E-state index contributed by atoms with van der Waals surface area (Å²) in [6, 6.07) is 7.55. The first-order valence-corrected chi connectivity index (χ1v) is 7.95. The fourth-order valence-electron chi connectivity index (χ4n) is 1.97. The second-order valence-electron chi connectivity index (χ2n) is 6.21. The van der Waals surface area contributed by atoms with E-state index in [0.717, 1.165) is 11.3 Å². The molecular weight excluding hydrogens is 314 g/mol. The van der Waals surface area contributed by atoms with Gasteiger partial charge in [-0.15, -0.1) is 11.3 Å². The summed E-state index contributed by atoms with van der Waals surface area (Å²) in [5.74, 6) is -1.09. The van der Waals surface area contributed by atoms with Crippen LogP contribution in [-0.4, -0.2) is 23.3 Å². The van der Waals surface area contributed by atoms with Gasteiger partial charge >= 0.3 is 0 Å². The molecule has 2 aromatic rings. The van der Waals surface area contributed by atoms with Crippen LogP contribution in [0.25, 0.3) is 0 Å². The molecule has 2 rings (SSSR count). The van der Waals surface area contributed by atoms with E-state index in [0.29, 0.717) is 5.75 Å². The Morgan fingerprint density at radius 3 is 2.30 bits per heavy atom. The van der Waals surface area contributed by atoms with Crippen LogP contribution in [0.3, 0.4) is 0 Å². The van der Waals surface area contributed by atoms with Crippen LogP contribution in [0, 0.1) is 6.92 Å². The van der Waals surface area contributed by atoms with Gasteiger partial charge in [0.2, 0.25) is 5.78 Å². The van der Waals surface area contributed by atoms with Gasteiger partial charge in [0, 0.05) is 0 Å². The van der Waals surface area contributed by atoms with Crippen LogP contribution < -0.4 is 9.84 Å². The number of carbonyl (C=O) groups excluding carboxylic acids is 2. The topological polar surface area (TPSA) is 79.3 Å². The Hall–Kier alpha value is -2.21. The zero-order valence-electron chi connectivity index (χ0n) is 13.5. The van der Waals surface area contributed by atoms with Gasteiger partial charge in [0.05, 0.1) is 16.5 Å². The number of aromatic carboxylic acids is 1. The predicted octanol–water partition coefficient (Wildman–Crippen LogP) is 2.37. The van der Waals surface area contributed by atoms with Gasteiger partial charge in [0.15, 0.2) is 11.6 Å². The van der Waals surface area contributed by atoms with E-state index in [-0.39, 0.29) is 33.4 Å². The molecule has 0 aliphatic heterocycles. The average molecular weight is 332 g/mol. The van der Waals surface area contributed by atoms with E-state index in [2.05, 4.69) is 25.8 Å². The molecule has 1 aromatic carbocycles. The van der Waals surface area contributed by atoms with Gasteiger partial charge in [-0.05, 0) is 30.0 Å². The third kappa shape index (κ3) is 4.16. The Bertz CT molecular complexity index is 726. The van der Waals surface area contributed by atoms with Crippen molar-refractivity contribution in [3.05, 3.63) is 45.4 Å². The number of hydrogen-bond donors (Lipinski definition) is 0. The molecule has 0 amide bonds. The SMILES string of the molecule is Cc1nc(C(=O)COc2ccc(C(C)(C)C)cc2)sc1C(=O)[O-]. The number of Topliss-reactive ketones (excluding diaryl/α,β-unsaturated/α-hetero) is 1. The smallest absolute Gasteiger partial charge is 0.228 e. The largest absolute Gasteiger partial charge is 0.544 e. The van der Waals surface area contributed by atoms with Crippen molar-refractivity contribution in [3.63, 3.8) is 0 Å². The number of thiazole rings is 1. The maximum Gasteiger partial charge on any atom is 0.228 e. The summed E-state index contributed by atoms with van der Waals surface area (Å²) < 4.78 is 5.45. The molecule has 1 heterocycles. The predicted molar refractivity (Wildman–Crippen MR) is 86.1 cm³/mol. The minimum Gasteiger partial charge on any atom is -0.544 e. The number of aryl methyl sites for hydroxylation is 1. The van der Waals surface area contributed by atoms with E-state index in [4.69, 9.17) is 4.74 Å². The minimum absolute atomic E-state index is 0.0251. The number of carboxylic acids is 1. The van der Waals surface area contributed by atoms with Gasteiger partial charge in [-0.2, -0.15) is 0 Å². The Morgan fingerprint density at radius 2 is 1.83 bits per heavy atom.